The highest BCUT2D eigenvalue weighted by Gasteiger charge is 2.11. The molecule has 1 heterocycles. The Morgan fingerprint density at radius 1 is 1.18 bits per heavy atom. The van der Waals surface area contributed by atoms with Crippen LogP contribution in [-0.4, -0.2) is 34.4 Å². The smallest absolute Gasteiger partial charge is 0.267 e. The second-order valence-electron chi connectivity index (χ2n) is 5.59. The molecule has 148 valence electrons. The van der Waals surface area contributed by atoms with Crippen LogP contribution in [0.5, 0.6) is 0 Å². The quantitative estimate of drug-likeness (QED) is 0.327. The number of imidazole rings is 1. The molecule has 1 amide bonds. The van der Waals surface area contributed by atoms with Crippen molar-refractivity contribution in [3.8, 4) is 0 Å². The lowest BCUT2D eigenvalue weighted by Crippen LogP contribution is -2.14. The number of nitrogens with one attached hydrogen (secondary N) is 2. The Morgan fingerprint density at radius 2 is 1.89 bits per heavy atom. The number of rotatable bonds is 7. The van der Waals surface area contributed by atoms with Gasteiger partial charge in [0.25, 0.3) is 5.91 Å². The molecule has 0 saturated carbocycles. The minimum absolute atomic E-state index is 0.563. The van der Waals surface area contributed by atoms with Crippen LogP contribution >= 0.6 is 0 Å². The molecule has 3 rings (SSSR count). The predicted molar refractivity (Wildman–Crippen MR) is 112 cm³/mol. The molecule has 7 heteroatoms. The van der Waals surface area contributed by atoms with Crippen LogP contribution < -0.4 is 10.8 Å². The molecule has 2 aromatic carbocycles. The maximum Gasteiger partial charge on any atom is 0.267 e. The Kier molecular flexibility index (Phi) is 8.20. The molecule has 0 unspecified atom stereocenters. The summed E-state index contributed by atoms with van der Waals surface area (Å²) in [6.45, 7) is 5.22. The number of carbonyl (C=O) groups is 1. The number of fused-ring (bicyclic) bond motifs is 1. The fourth-order valence-electron chi connectivity index (χ4n) is 2.66. The Morgan fingerprint density at radius 3 is 2.64 bits per heavy atom. The van der Waals surface area contributed by atoms with Gasteiger partial charge in [0.15, 0.2) is 0 Å². The fraction of sp³-hybridized carbons (Fsp3) is 0.238. The number of anilines is 2. The normalized spacial score (nSPS) is 10.6. The van der Waals surface area contributed by atoms with Gasteiger partial charge in [-0.2, -0.15) is 0 Å². The first-order valence-electron chi connectivity index (χ1n) is 9.15. The van der Waals surface area contributed by atoms with E-state index in [0.29, 0.717) is 19.1 Å². The summed E-state index contributed by atoms with van der Waals surface area (Å²) in [5.74, 6) is 0.0999. The molecule has 0 atom stereocenters. The SMILES string of the molecule is CC.COCCn1c(Nc2ccccc2/C=C/C(=O)NO)nc2ccccc21. The molecule has 0 fully saturated rings. The maximum absolute atomic E-state index is 11.2. The Labute approximate surface area is 164 Å². The summed E-state index contributed by atoms with van der Waals surface area (Å²) in [6.07, 6.45) is 2.88. The zero-order valence-electron chi connectivity index (χ0n) is 16.3. The summed E-state index contributed by atoms with van der Waals surface area (Å²) < 4.78 is 7.27. The molecule has 3 aromatic rings. The zero-order chi connectivity index (χ0) is 20.4. The van der Waals surface area contributed by atoms with Gasteiger partial charge in [0.2, 0.25) is 5.95 Å². The number of aromatic nitrogens is 2. The van der Waals surface area contributed by atoms with E-state index in [-0.39, 0.29) is 0 Å². The number of carbonyl (C=O) groups excluding carboxylic acids is 1. The largest absolute Gasteiger partial charge is 0.383 e. The predicted octanol–water partition coefficient (Wildman–Crippen LogP) is 3.97. The number of nitrogens with zero attached hydrogens (tertiary/aromatic N) is 2. The molecular weight excluding hydrogens is 356 g/mol. The van der Waals surface area contributed by atoms with Crippen LogP contribution in [0, 0.1) is 0 Å². The number of hydrogen-bond donors (Lipinski definition) is 3. The van der Waals surface area contributed by atoms with Gasteiger partial charge in [0, 0.05) is 25.4 Å². The Hall–Kier alpha value is -3.16. The van der Waals surface area contributed by atoms with Gasteiger partial charge in [-0.1, -0.05) is 44.2 Å². The van der Waals surface area contributed by atoms with Crippen molar-refractivity contribution in [3.63, 3.8) is 0 Å². The second-order valence-corrected chi connectivity index (χ2v) is 5.59. The minimum Gasteiger partial charge on any atom is -0.383 e. The van der Waals surface area contributed by atoms with Crippen molar-refractivity contribution in [2.75, 3.05) is 19.0 Å². The lowest BCUT2D eigenvalue weighted by molar-refractivity contribution is -0.124. The van der Waals surface area contributed by atoms with Gasteiger partial charge in [0.05, 0.1) is 17.6 Å². The summed E-state index contributed by atoms with van der Waals surface area (Å²) in [4.78, 5) is 15.9. The lowest BCUT2D eigenvalue weighted by atomic mass is 10.1. The monoisotopic (exact) mass is 382 g/mol. The minimum atomic E-state index is -0.591. The van der Waals surface area contributed by atoms with Gasteiger partial charge < -0.3 is 14.6 Å². The van der Waals surface area contributed by atoms with Crippen LogP contribution in [0.2, 0.25) is 0 Å². The highest BCUT2D eigenvalue weighted by Crippen LogP contribution is 2.25. The van der Waals surface area contributed by atoms with E-state index >= 15 is 0 Å². The van der Waals surface area contributed by atoms with E-state index in [1.807, 2.05) is 62.4 Å². The lowest BCUT2D eigenvalue weighted by Gasteiger charge is -2.12. The van der Waals surface area contributed by atoms with Crippen molar-refractivity contribution in [2.45, 2.75) is 20.4 Å². The summed E-state index contributed by atoms with van der Waals surface area (Å²) in [5.41, 5.74) is 5.07. The Balaban J connectivity index is 0.00000136. The average Bonchev–Trinajstić information content (AvgIpc) is 3.09. The van der Waals surface area contributed by atoms with E-state index in [1.54, 1.807) is 18.7 Å². The van der Waals surface area contributed by atoms with Gasteiger partial charge >= 0.3 is 0 Å². The van der Waals surface area contributed by atoms with Crippen LogP contribution in [-0.2, 0) is 16.1 Å². The topological polar surface area (TPSA) is 88.4 Å². The van der Waals surface area contributed by atoms with E-state index in [4.69, 9.17) is 9.94 Å². The average molecular weight is 382 g/mol. The van der Waals surface area contributed by atoms with Crippen molar-refractivity contribution in [1.82, 2.24) is 15.0 Å². The highest BCUT2D eigenvalue weighted by molar-refractivity contribution is 5.92. The van der Waals surface area contributed by atoms with E-state index in [0.717, 1.165) is 22.3 Å². The van der Waals surface area contributed by atoms with Crippen LogP contribution in [0.4, 0.5) is 11.6 Å². The zero-order valence-corrected chi connectivity index (χ0v) is 16.3. The van der Waals surface area contributed by atoms with Gasteiger partial charge in [-0.3, -0.25) is 10.0 Å². The summed E-state index contributed by atoms with van der Waals surface area (Å²) in [7, 11) is 1.67. The van der Waals surface area contributed by atoms with Crippen molar-refractivity contribution in [2.24, 2.45) is 0 Å². The van der Waals surface area contributed by atoms with Gasteiger partial charge in [-0.15, -0.1) is 0 Å². The molecule has 1 aromatic heterocycles. The van der Waals surface area contributed by atoms with E-state index in [1.165, 1.54) is 6.08 Å². The standard InChI is InChI=1S/C19H20N4O3.C2H6/c1-26-13-12-23-17-9-5-4-8-16(17)21-19(23)20-15-7-3-2-6-14(15)10-11-18(24)22-25;1-2/h2-11,25H,12-13H2,1H3,(H,20,21)(H,22,24);1-2H3/b11-10+;. The molecule has 28 heavy (non-hydrogen) atoms. The fourth-order valence-corrected chi connectivity index (χ4v) is 2.66. The molecule has 0 bridgehead atoms. The van der Waals surface area contributed by atoms with Crippen LogP contribution in [0.1, 0.15) is 19.4 Å². The molecule has 0 aliphatic rings. The first-order valence-corrected chi connectivity index (χ1v) is 9.15. The molecule has 0 aliphatic heterocycles. The Bertz CT molecular complexity index is 934. The van der Waals surface area contributed by atoms with Crippen LogP contribution in [0.3, 0.4) is 0 Å². The number of hydrogen-bond acceptors (Lipinski definition) is 5. The number of ether oxygens (including phenoxy) is 1. The molecular formula is C21H26N4O3. The number of hydroxylamine groups is 1. The molecule has 0 saturated heterocycles. The molecule has 0 aliphatic carbocycles. The van der Waals surface area contributed by atoms with E-state index in [9.17, 15) is 4.79 Å². The molecule has 7 nitrogen and oxygen atoms in total. The maximum atomic E-state index is 11.2. The summed E-state index contributed by atoms with van der Waals surface area (Å²) in [5, 5.41) is 12.0. The highest BCUT2D eigenvalue weighted by atomic mass is 16.5. The van der Waals surface area contributed by atoms with Crippen LogP contribution in [0.15, 0.2) is 54.6 Å². The molecule has 0 spiro atoms. The second kappa shape index (κ2) is 10.9. The number of benzene rings is 2. The van der Waals surface area contributed by atoms with Gasteiger partial charge in [-0.05, 0) is 29.8 Å². The molecule has 0 radical (unpaired) electrons. The summed E-state index contributed by atoms with van der Waals surface area (Å²) in [6, 6.07) is 15.4. The van der Waals surface area contributed by atoms with Gasteiger partial charge in [-0.25, -0.2) is 10.5 Å². The third-order valence-electron chi connectivity index (χ3n) is 3.91. The van der Waals surface area contributed by atoms with Crippen molar-refractivity contribution in [3.05, 3.63) is 60.2 Å². The van der Waals surface area contributed by atoms with E-state index in [2.05, 4.69) is 14.9 Å². The number of para-hydroxylation sites is 3. The van der Waals surface area contributed by atoms with Crippen molar-refractivity contribution >= 4 is 34.7 Å². The number of amides is 1. The van der Waals surface area contributed by atoms with Crippen molar-refractivity contribution in [1.29, 1.82) is 0 Å². The van der Waals surface area contributed by atoms with E-state index < -0.39 is 5.91 Å². The molecule has 3 N–H and O–H groups in total. The third-order valence-corrected chi connectivity index (χ3v) is 3.91. The third kappa shape index (κ3) is 5.18. The number of methoxy groups -OCH3 is 1. The summed E-state index contributed by atoms with van der Waals surface area (Å²) >= 11 is 0. The first kappa shape index (κ1) is 21.1. The van der Waals surface area contributed by atoms with Crippen molar-refractivity contribution < 1.29 is 14.7 Å². The van der Waals surface area contributed by atoms with Crippen LogP contribution in [0.25, 0.3) is 17.1 Å². The van der Waals surface area contributed by atoms with Gasteiger partial charge in [0.1, 0.15) is 0 Å². The first-order chi connectivity index (χ1) is 13.7.